The smallest absolute Gasteiger partial charge is 0.145 e. The molecule has 0 spiro atoms. The van der Waals surface area contributed by atoms with Crippen molar-refractivity contribution in [1.29, 1.82) is 0 Å². The van der Waals surface area contributed by atoms with Crippen LogP contribution in [0.25, 0.3) is 10.9 Å². The molecule has 106 valence electrons. The van der Waals surface area contributed by atoms with Gasteiger partial charge in [-0.2, -0.15) is 0 Å². The summed E-state index contributed by atoms with van der Waals surface area (Å²) in [5.41, 5.74) is 1.97. The minimum atomic E-state index is 0.428. The fraction of sp³-hybridized carbons (Fsp3) is 0.438. The first kappa shape index (κ1) is 13.3. The summed E-state index contributed by atoms with van der Waals surface area (Å²) in [6.45, 7) is 0.787. The van der Waals surface area contributed by atoms with Crippen LogP contribution >= 0.6 is 0 Å². The van der Waals surface area contributed by atoms with Crippen LogP contribution in [0.2, 0.25) is 0 Å². The van der Waals surface area contributed by atoms with Crippen LogP contribution in [0.1, 0.15) is 18.5 Å². The van der Waals surface area contributed by atoms with E-state index in [-0.39, 0.29) is 0 Å². The highest BCUT2D eigenvalue weighted by Gasteiger charge is 2.28. The van der Waals surface area contributed by atoms with Gasteiger partial charge in [0, 0.05) is 25.1 Å². The van der Waals surface area contributed by atoms with E-state index in [1.807, 2.05) is 12.1 Å². The average Bonchev–Trinajstić information content (AvgIpc) is 2.45. The summed E-state index contributed by atoms with van der Waals surface area (Å²) in [6.07, 6.45) is 2.61. The Kier molecular flexibility index (Phi) is 3.85. The molecule has 0 saturated heterocycles. The summed E-state index contributed by atoms with van der Waals surface area (Å²) in [4.78, 5) is 4.70. The fourth-order valence-corrected chi connectivity index (χ4v) is 2.60. The van der Waals surface area contributed by atoms with Crippen molar-refractivity contribution in [3.05, 3.63) is 36.0 Å². The molecule has 0 bridgehead atoms. The second kappa shape index (κ2) is 5.77. The Morgan fingerprint density at radius 3 is 2.80 bits per heavy atom. The standard InChI is InChI=1S/C16H20N2O2/c1-19-14-8-13(9-14)17-10-12-7-6-11-4-3-5-15(20-2)16(11)18-12/h3-7,13-14,17H,8-10H2,1-2H3. The molecule has 0 aliphatic heterocycles. The number of pyridine rings is 1. The van der Waals surface area contributed by atoms with Crippen LogP contribution in [-0.4, -0.2) is 31.3 Å². The molecule has 20 heavy (non-hydrogen) atoms. The highest BCUT2D eigenvalue weighted by molar-refractivity contribution is 5.84. The monoisotopic (exact) mass is 272 g/mol. The predicted molar refractivity (Wildman–Crippen MR) is 79.0 cm³/mol. The van der Waals surface area contributed by atoms with E-state index in [9.17, 15) is 0 Å². The molecule has 4 nitrogen and oxygen atoms in total. The summed E-state index contributed by atoms with van der Waals surface area (Å²) < 4.78 is 10.7. The van der Waals surface area contributed by atoms with Gasteiger partial charge in [-0.3, -0.25) is 0 Å². The third-order valence-electron chi connectivity index (χ3n) is 3.96. The van der Waals surface area contributed by atoms with E-state index in [0.717, 1.165) is 41.7 Å². The quantitative estimate of drug-likeness (QED) is 0.908. The first-order valence-electron chi connectivity index (χ1n) is 6.99. The second-order valence-electron chi connectivity index (χ2n) is 5.24. The average molecular weight is 272 g/mol. The molecule has 0 amide bonds. The van der Waals surface area contributed by atoms with E-state index in [2.05, 4.69) is 23.5 Å². The Morgan fingerprint density at radius 2 is 2.05 bits per heavy atom. The molecule has 0 radical (unpaired) electrons. The van der Waals surface area contributed by atoms with Crippen LogP contribution in [0, 0.1) is 0 Å². The molecular weight excluding hydrogens is 252 g/mol. The Hall–Kier alpha value is -1.65. The number of hydrogen-bond donors (Lipinski definition) is 1. The molecule has 4 heteroatoms. The van der Waals surface area contributed by atoms with Gasteiger partial charge in [-0.05, 0) is 25.0 Å². The van der Waals surface area contributed by atoms with E-state index in [4.69, 9.17) is 14.5 Å². The maximum atomic E-state index is 5.37. The minimum absolute atomic E-state index is 0.428. The summed E-state index contributed by atoms with van der Waals surface area (Å²) in [7, 11) is 3.46. The molecule has 1 aliphatic rings. The number of ether oxygens (including phenoxy) is 2. The van der Waals surface area contributed by atoms with Gasteiger partial charge in [0.2, 0.25) is 0 Å². The Bertz CT molecular complexity index is 594. The van der Waals surface area contributed by atoms with E-state index in [1.165, 1.54) is 0 Å². The van der Waals surface area contributed by atoms with Crippen LogP contribution in [0.15, 0.2) is 30.3 Å². The molecule has 1 fully saturated rings. The molecular formula is C16H20N2O2. The highest BCUT2D eigenvalue weighted by Crippen LogP contribution is 2.25. The van der Waals surface area contributed by atoms with Gasteiger partial charge in [0.1, 0.15) is 11.3 Å². The highest BCUT2D eigenvalue weighted by atomic mass is 16.5. The van der Waals surface area contributed by atoms with Gasteiger partial charge in [-0.25, -0.2) is 4.98 Å². The van der Waals surface area contributed by atoms with Crippen molar-refractivity contribution in [2.24, 2.45) is 0 Å². The molecule has 1 saturated carbocycles. The summed E-state index contributed by atoms with van der Waals surface area (Å²) >= 11 is 0. The van der Waals surface area contributed by atoms with Crippen LogP contribution in [-0.2, 0) is 11.3 Å². The van der Waals surface area contributed by atoms with Crippen LogP contribution in [0.5, 0.6) is 5.75 Å². The molecule has 1 aromatic carbocycles. The number of nitrogens with one attached hydrogen (secondary N) is 1. The molecule has 3 rings (SSSR count). The molecule has 1 aromatic heterocycles. The van der Waals surface area contributed by atoms with Crippen molar-refractivity contribution < 1.29 is 9.47 Å². The summed E-state index contributed by atoms with van der Waals surface area (Å²) in [6, 6.07) is 10.7. The first-order chi connectivity index (χ1) is 9.80. The summed E-state index contributed by atoms with van der Waals surface area (Å²) in [5.74, 6) is 0.826. The largest absolute Gasteiger partial charge is 0.494 e. The van der Waals surface area contributed by atoms with Crippen molar-refractivity contribution >= 4 is 10.9 Å². The van der Waals surface area contributed by atoms with Crippen LogP contribution in [0.4, 0.5) is 0 Å². The van der Waals surface area contributed by atoms with Gasteiger partial charge < -0.3 is 14.8 Å². The first-order valence-corrected chi connectivity index (χ1v) is 6.99. The third kappa shape index (κ3) is 2.62. The lowest BCUT2D eigenvalue weighted by molar-refractivity contribution is 0.0169. The van der Waals surface area contributed by atoms with Crippen LogP contribution < -0.4 is 10.1 Å². The van der Waals surface area contributed by atoms with Crippen molar-refractivity contribution in [3.8, 4) is 5.75 Å². The van der Waals surface area contributed by atoms with Crippen molar-refractivity contribution in [2.75, 3.05) is 14.2 Å². The minimum Gasteiger partial charge on any atom is -0.494 e. The van der Waals surface area contributed by atoms with E-state index < -0.39 is 0 Å². The maximum absolute atomic E-state index is 5.37. The lowest BCUT2D eigenvalue weighted by Gasteiger charge is -2.34. The number of benzene rings is 1. The zero-order chi connectivity index (χ0) is 13.9. The van der Waals surface area contributed by atoms with Gasteiger partial charge in [0.25, 0.3) is 0 Å². The van der Waals surface area contributed by atoms with Gasteiger partial charge in [-0.1, -0.05) is 18.2 Å². The lowest BCUT2D eigenvalue weighted by atomic mass is 9.89. The van der Waals surface area contributed by atoms with Gasteiger partial charge >= 0.3 is 0 Å². The number of fused-ring (bicyclic) bond motifs is 1. The molecule has 0 unspecified atom stereocenters. The third-order valence-corrected chi connectivity index (χ3v) is 3.96. The molecule has 1 heterocycles. The molecule has 1 aliphatic carbocycles. The van der Waals surface area contributed by atoms with E-state index >= 15 is 0 Å². The number of hydrogen-bond acceptors (Lipinski definition) is 4. The topological polar surface area (TPSA) is 43.4 Å². The zero-order valence-electron chi connectivity index (χ0n) is 11.9. The fourth-order valence-electron chi connectivity index (χ4n) is 2.60. The molecule has 0 atom stereocenters. The normalized spacial score (nSPS) is 21.7. The number of para-hydroxylation sites is 1. The Labute approximate surface area is 119 Å². The van der Waals surface area contributed by atoms with Crippen molar-refractivity contribution in [3.63, 3.8) is 0 Å². The summed E-state index contributed by atoms with van der Waals surface area (Å²) in [5, 5.41) is 4.63. The number of methoxy groups -OCH3 is 2. The Balaban J connectivity index is 1.69. The maximum Gasteiger partial charge on any atom is 0.145 e. The number of rotatable bonds is 5. The SMILES string of the molecule is COc1cccc2ccc(CNC3CC(OC)C3)nc12. The van der Waals surface area contributed by atoms with E-state index in [0.29, 0.717) is 12.1 Å². The second-order valence-corrected chi connectivity index (χ2v) is 5.24. The number of aromatic nitrogens is 1. The molecule has 2 aromatic rings. The van der Waals surface area contributed by atoms with Gasteiger partial charge in [0.05, 0.1) is 18.9 Å². The van der Waals surface area contributed by atoms with Crippen LogP contribution in [0.3, 0.4) is 0 Å². The number of nitrogens with zero attached hydrogens (tertiary/aromatic N) is 1. The van der Waals surface area contributed by atoms with E-state index in [1.54, 1.807) is 14.2 Å². The predicted octanol–water partition coefficient (Wildman–Crippen LogP) is 2.51. The van der Waals surface area contributed by atoms with Gasteiger partial charge in [0.15, 0.2) is 0 Å². The van der Waals surface area contributed by atoms with Crippen molar-refractivity contribution in [1.82, 2.24) is 10.3 Å². The van der Waals surface area contributed by atoms with Gasteiger partial charge in [-0.15, -0.1) is 0 Å². The lowest BCUT2D eigenvalue weighted by Crippen LogP contribution is -2.44. The Morgan fingerprint density at radius 1 is 1.20 bits per heavy atom. The zero-order valence-corrected chi connectivity index (χ0v) is 11.9. The van der Waals surface area contributed by atoms with Crippen molar-refractivity contribution in [2.45, 2.75) is 31.5 Å². The molecule has 1 N–H and O–H groups in total.